The summed E-state index contributed by atoms with van der Waals surface area (Å²) in [5.74, 6) is 0. The van der Waals surface area contributed by atoms with Gasteiger partial charge in [-0.1, -0.05) is 29.9 Å². The summed E-state index contributed by atoms with van der Waals surface area (Å²) in [5, 5.41) is 0.711. The first-order valence-electron chi connectivity index (χ1n) is 3.17. The van der Waals surface area contributed by atoms with Crippen LogP contribution in [-0.2, 0) is 0 Å². The quantitative estimate of drug-likeness (QED) is 0.680. The number of halogens is 1. The van der Waals surface area contributed by atoms with Crippen LogP contribution in [-0.4, -0.2) is 4.99 Å². The zero-order valence-corrected chi connectivity index (χ0v) is 7.67. The molecule has 2 N–H and O–H groups in total. The minimum atomic E-state index is 0.416. The Hall–Kier alpha value is -0.600. The van der Waals surface area contributed by atoms with Crippen molar-refractivity contribution < 1.29 is 0 Å². The van der Waals surface area contributed by atoms with Crippen molar-refractivity contribution in [2.45, 2.75) is 6.92 Å². The zero-order valence-electron chi connectivity index (χ0n) is 6.10. The van der Waals surface area contributed by atoms with E-state index < -0.39 is 0 Å². The predicted octanol–water partition coefficient (Wildman–Crippen LogP) is 2.28. The van der Waals surface area contributed by atoms with Crippen molar-refractivity contribution in [3.8, 4) is 0 Å². The number of hydrogen-bond donors (Lipinski definition) is 1. The van der Waals surface area contributed by atoms with Crippen molar-refractivity contribution in [3.05, 3.63) is 34.3 Å². The van der Waals surface area contributed by atoms with Gasteiger partial charge in [0.05, 0.1) is 0 Å². The monoisotopic (exact) mass is 185 g/mol. The lowest BCUT2D eigenvalue weighted by Crippen LogP contribution is -2.10. The molecule has 0 aliphatic carbocycles. The third-order valence-corrected chi connectivity index (χ3v) is 1.91. The molecule has 1 rings (SSSR count). The van der Waals surface area contributed by atoms with E-state index in [2.05, 4.69) is 0 Å². The van der Waals surface area contributed by atoms with E-state index in [1.807, 2.05) is 19.1 Å². The van der Waals surface area contributed by atoms with Gasteiger partial charge in [-0.05, 0) is 24.6 Å². The molecule has 0 aliphatic heterocycles. The first-order chi connectivity index (χ1) is 5.11. The lowest BCUT2D eigenvalue weighted by Gasteiger charge is -2.02. The summed E-state index contributed by atoms with van der Waals surface area (Å²) in [6.07, 6.45) is 0. The lowest BCUT2D eigenvalue weighted by atomic mass is 10.1. The SMILES string of the molecule is Cc1cc(Cl)ccc1C(N)=S. The molecule has 0 radical (unpaired) electrons. The molecule has 0 aromatic heterocycles. The Morgan fingerprint density at radius 2 is 2.18 bits per heavy atom. The van der Waals surface area contributed by atoms with Crippen molar-refractivity contribution in [2.75, 3.05) is 0 Å². The van der Waals surface area contributed by atoms with Crippen LogP contribution in [0.25, 0.3) is 0 Å². The highest BCUT2D eigenvalue weighted by Crippen LogP contribution is 2.14. The normalized spacial score (nSPS) is 9.64. The third-order valence-electron chi connectivity index (χ3n) is 1.45. The van der Waals surface area contributed by atoms with E-state index in [0.29, 0.717) is 10.0 Å². The van der Waals surface area contributed by atoms with Crippen LogP contribution in [0.1, 0.15) is 11.1 Å². The van der Waals surface area contributed by atoms with E-state index in [0.717, 1.165) is 11.1 Å². The van der Waals surface area contributed by atoms with E-state index in [9.17, 15) is 0 Å². The van der Waals surface area contributed by atoms with E-state index >= 15 is 0 Å². The molecule has 0 aliphatic rings. The van der Waals surface area contributed by atoms with Gasteiger partial charge in [-0.3, -0.25) is 0 Å². The molecule has 1 nitrogen and oxygen atoms in total. The summed E-state index contributed by atoms with van der Waals surface area (Å²) in [7, 11) is 0. The Bertz CT molecular complexity index is 296. The molecule has 0 spiro atoms. The molecule has 0 atom stereocenters. The van der Waals surface area contributed by atoms with Gasteiger partial charge in [0.25, 0.3) is 0 Å². The highest BCUT2D eigenvalue weighted by Gasteiger charge is 2.00. The molecule has 0 fully saturated rings. The largest absolute Gasteiger partial charge is 0.389 e. The second-order valence-corrected chi connectivity index (χ2v) is 3.20. The molecule has 3 heteroatoms. The first-order valence-corrected chi connectivity index (χ1v) is 3.96. The maximum Gasteiger partial charge on any atom is 0.104 e. The number of thiocarbonyl (C=S) groups is 1. The fourth-order valence-corrected chi connectivity index (χ4v) is 1.36. The van der Waals surface area contributed by atoms with Crippen LogP contribution in [0.5, 0.6) is 0 Å². The summed E-state index contributed by atoms with van der Waals surface area (Å²) >= 11 is 10.6. The average molecular weight is 186 g/mol. The maximum absolute atomic E-state index is 5.74. The Morgan fingerprint density at radius 1 is 1.55 bits per heavy atom. The van der Waals surface area contributed by atoms with E-state index in [-0.39, 0.29) is 0 Å². The molecule has 11 heavy (non-hydrogen) atoms. The van der Waals surface area contributed by atoms with Crippen molar-refractivity contribution in [2.24, 2.45) is 5.73 Å². The molecule has 0 heterocycles. The minimum absolute atomic E-state index is 0.416. The molecular weight excluding hydrogens is 178 g/mol. The Balaban J connectivity index is 3.20. The summed E-state index contributed by atoms with van der Waals surface area (Å²) in [6.45, 7) is 1.93. The lowest BCUT2D eigenvalue weighted by molar-refractivity contribution is 1.44. The number of aryl methyl sites for hydroxylation is 1. The van der Waals surface area contributed by atoms with E-state index in [4.69, 9.17) is 29.6 Å². The molecule has 1 aromatic rings. The number of rotatable bonds is 1. The van der Waals surface area contributed by atoms with Crippen molar-refractivity contribution >= 4 is 28.8 Å². The van der Waals surface area contributed by atoms with E-state index in [1.165, 1.54) is 0 Å². The number of nitrogens with two attached hydrogens (primary N) is 1. The summed E-state index contributed by atoms with van der Waals surface area (Å²) in [5.41, 5.74) is 7.36. The van der Waals surface area contributed by atoms with Crippen molar-refractivity contribution in [1.29, 1.82) is 0 Å². The van der Waals surface area contributed by atoms with E-state index in [1.54, 1.807) is 6.07 Å². The topological polar surface area (TPSA) is 26.0 Å². The van der Waals surface area contributed by atoms with Gasteiger partial charge in [0, 0.05) is 10.6 Å². The van der Waals surface area contributed by atoms with Crippen LogP contribution >= 0.6 is 23.8 Å². The fraction of sp³-hybridized carbons (Fsp3) is 0.125. The van der Waals surface area contributed by atoms with Crippen LogP contribution in [0.3, 0.4) is 0 Å². The molecule has 0 saturated heterocycles. The maximum atomic E-state index is 5.74. The highest BCUT2D eigenvalue weighted by atomic mass is 35.5. The standard InChI is InChI=1S/C8H8ClNS/c1-5-4-6(9)2-3-7(5)8(10)11/h2-4H,1H3,(H2,10,11). The number of benzene rings is 1. The third kappa shape index (κ3) is 1.91. The van der Waals surface area contributed by atoms with Crippen LogP contribution in [0.4, 0.5) is 0 Å². The fourth-order valence-electron chi connectivity index (χ4n) is 0.904. The predicted molar refractivity (Wildman–Crippen MR) is 52.1 cm³/mol. The second-order valence-electron chi connectivity index (χ2n) is 2.32. The van der Waals surface area contributed by atoms with Crippen LogP contribution in [0.15, 0.2) is 18.2 Å². The van der Waals surface area contributed by atoms with Gasteiger partial charge >= 0.3 is 0 Å². The average Bonchev–Trinajstić information content (AvgIpc) is 1.85. The van der Waals surface area contributed by atoms with Crippen LogP contribution in [0, 0.1) is 6.92 Å². The molecule has 58 valence electrons. The summed E-state index contributed by atoms with van der Waals surface area (Å²) < 4.78 is 0. The molecular formula is C8H8ClNS. The summed E-state index contributed by atoms with van der Waals surface area (Å²) in [6, 6.07) is 5.46. The van der Waals surface area contributed by atoms with Gasteiger partial charge in [0.1, 0.15) is 4.99 Å². The molecule has 0 saturated carbocycles. The zero-order chi connectivity index (χ0) is 8.43. The Kier molecular flexibility index (Phi) is 2.47. The smallest absolute Gasteiger partial charge is 0.104 e. The Labute approximate surface area is 76.2 Å². The molecule has 1 aromatic carbocycles. The van der Waals surface area contributed by atoms with Gasteiger partial charge in [-0.15, -0.1) is 0 Å². The van der Waals surface area contributed by atoms with Gasteiger partial charge in [0.15, 0.2) is 0 Å². The highest BCUT2D eigenvalue weighted by molar-refractivity contribution is 7.80. The van der Waals surface area contributed by atoms with Gasteiger partial charge in [-0.2, -0.15) is 0 Å². The molecule has 0 unspecified atom stereocenters. The number of hydrogen-bond acceptors (Lipinski definition) is 1. The van der Waals surface area contributed by atoms with Gasteiger partial charge in [0.2, 0.25) is 0 Å². The Morgan fingerprint density at radius 3 is 2.64 bits per heavy atom. The minimum Gasteiger partial charge on any atom is -0.389 e. The van der Waals surface area contributed by atoms with Gasteiger partial charge in [-0.25, -0.2) is 0 Å². The second kappa shape index (κ2) is 3.20. The van der Waals surface area contributed by atoms with Crippen LogP contribution in [0.2, 0.25) is 5.02 Å². The van der Waals surface area contributed by atoms with Crippen LogP contribution < -0.4 is 5.73 Å². The first kappa shape index (κ1) is 8.50. The summed E-state index contributed by atoms with van der Waals surface area (Å²) in [4.78, 5) is 0.416. The van der Waals surface area contributed by atoms with Crippen molar-refractivity contribution in [1.82, 2.24) is 0 Å². The molecule has 0 bridgehead atoms. The molecule has 0 amide bonds. The van der Waals surface area contributed by atoms with Gasteiger partial charge < -0.3 is 5.73 Å². The van der Waals surface area contributed by atoms with Crippen molar-refractivity contribution in [3.63, 3.8) is 0 Å².